The number of rotatable bonds is 5. The molecular formula is C11H12N2O3. The molecule has 0 spiro atoms. The number of ether oxygens (including phenoxy) is 2. The Hall–Kier alpha value is -1.88. The lowest BCUT2D eigenvalue weighted by molar-refractivity contribution is 0.146. The molecule has 2 aromatic rings. The summed E-state index contributed by atoms with van der Waals surface area (Å²) in [6.07, 6.45) is 1.30. The number of hydrogen-bond donors (Lipinski definition) is 0. The zero-order chi connectivity index (χ0) is 11.2. The number of benzene rings is 1. The average Bonchev–Trinajstić information content (AvgIpc) is 2.83. The van der Waals surface area contributed by atoms with E-state index in [-0.39, 0.29) is 0 Å². The highest BCUT2D eigenvalue weighted by molar-refractivity contribution is 5.55. The largest absolute Gasteiger partial charge is 0.491 e. The molecular weight excluding hydrogens is 208 g/mol. The van der Waals surface area contributed by atoms with E-state index in [9.17, 15) is 0 Å². The Kier molecular flexibility index (Phi) is 3.50. The van der Waals surface area contributed by atoms with Gasteiger partial charge in [-0.3, -0.25) is 0 Å². The Balaban J connectivity index is 2.08. The van der Waals surface area contributed by atoms with E-state index in [0.29, 0.717) is 19.1 Å². The fraction of sp³-hybridized carbons (Fsp3) is 0.273. The molecule has 0 unspecified atom stereocenters. The summed E-state index contributed by atoms with van der Waals surface area (Å²) in [6, 6.07) is 7.48. The molecule has 0 saturated heterocycles. The van der Waals surface area contributed by atoms with Gasteiger partial charge in [-0.2, -0.15) is 0 Å². The van der Waals surface area contributed by atoms with Crippen molar-refractivity contribution < 1.29 is 13.9 Å². The van der Waals surface area contributed by atoms with Crippen LogP contribution in [0.1, 0.15) is 0 Å². The summed E-state index contributed by atoms with van der Waals surface area (Å²) in [5.74, 6) is 1.24. The molecule has 0 fully saturated rings. The Bertz CT molecular complexity index is 429. The average molecular weight is 220 g/mol. The lowest BCUT2D eigenvalue weighted by atomic mass is 10.2. The third kappa shape index (κ3) is 2.58. The smallest absolute Gasteiger partial charge is 0.247 e. The van der Waals surface area contributed by atoms with E-state index in [0.717, 1.165) is 11.3 Å². The van der Waals surface area contributed by atoms with Gasteiger partial charge in [-0.15, -0.1) is 10.2 Å². The van der Waals surface area contributed by atoms with Crippen molar-refractivity contribution in [3.05, 3.63) is 30.7 Å². The van der Waals surface area contributed by atoms with Crippen LogP contribution in [-0.2, 0) is 4.74 Å². The van der Waals surface area contributed by atoms with Crippen molar-refractivity contribution in [3.63, 3.8) is 0 Å². The predicted molar refractivity (Wildman–Crippen MR) is 57.1 cm³/mol. The SMILES string of the molecule is COCCOc1cccc(-c2nnco2)c1. The number of methoxy groups -OCH3 is 1. The lowest BCUT2D eigenvalue weighted by Crippen LogP contribution is -2.04. The van der Waals surface area contributed by atoms with Gasteiger partial charge < -0.3 is 13.9 Å². The van der Waals surface area contributed by atoms with Gasteiger partial charge in [-0.1, -0.05) is 6.07 Å². The van der Waals surface area contributed by atoms with Crippen molar-refractivity contribution in [2.75, 3.05) is 20.3 Å². The standard InChI is InChI=1S/C11H12N2O3/c1-14-5-6-15-10-4-2-3-9(7-10)11-13-12-8-16-11/h2-4,7-8H,5-6H2,1H3. The minimum atomic E-state index is 0.484. The number of hydrogen-bond acceptors (Lipinski definition) is 5. The van der Waals surface area contributed by atoms with Gasteiger partial charge >= 0.3 is 0 Å². The van der Waals surface area contributed by atoms with Crippen LogP contribution in [0.2, 0.25) is 0 Å². The highest BCUT2D eigenvalue weighted by atomic mass is 16.5. The second-order valence-corrected chi connectivity index (χ2v) is 3.11. The Labute approximate surface area is 93.0 Å². The van der Waals surface area contributed by atoms with Crippen LogP contribution < -0.4 is 4.74 Å². The molecule has 0 aliphatic heterocycles. The van der Waals surface area contributed by atoms with Crippen LogP contribution in [0.4, 0.5) is 0 Å². The third-order valence-corrected chi connectivity index (χ3v) is 2.00. The van der Waals surface area contributed by atoms with Gasteiger partial charge in [0.05, 0.1) is 6.61 Å². The fourth-order valence-electron chi connectivity index (χ4n) is 1.26. The van der Waals surface area contributed by atoms with Gasteiger partial charge in [0.2, 0.25) is 12.3 Å². The molecule has 2 rings (SSSR count). The molecule has 0 bridgehead atoms. The van der Waals surface area contributed by atoms with E-state index in [1.54, 1.807) is 7.11 Å². The van der Waals surface area contributed by atoms with Crippen molar-refractivity contribution in [2.45, 2.75) is 0 Å². The topological polar surface area (TPSA) is 57.4 Å². The highest BCUT2D eigenvalue weighted by Crippen LogP contribution is 2.21. The summed E-state index contributed by atoms with van der Waals surface area (Å²) in [6.45, 7) is 1.08. The zero-order valence-corrected chi connectivity index (χ0v) is 8.92. The van der Waals surface area contributed by atoms with E-state index >= 15 is 0 Å². The van der Waals surface area contributed by atoms with Crippen LogP contribution in [0.5, 0.6) is 5.75 Å². The van der Waals surface area contributed by atoms with Crippen molar-refractivity contribution in [2.24, 2.45) is 0 Å². The van der Waals surface area contributed by atoms with Crippen LogP contribution in [0.15, 0.2) is 35.1 Å². The van der Waals surface area contributed by atoms with Gasteiger partial charge in [0.1, 0.15) is 12.4 Å². The molecule has 0 aliphatic carbocycles. The number of aromatic nitrogens is 2. The maximum absolute atomic E-state index is 5.47. The number of nitrogens with zero attached hydrogens (tertiary/aromatic N) is 2. The molecule has 0 N–H and O–H groups in total. The maximum atomic E-state index is 5.47. The van der Waals surface area contributed by atoms with E-state index in [2.05, 4.69) is 10.2 Å². The first-order valence-corrected chi connectivity index (χ1v) is 4.88. The zero-order valence-electron chi connectivity index (χ0n) is 8.92. The molecule has 1 aromatic heterocycles. The summed E-state index contributed by atoms with van der Waals surface area (Å²) in [7, 11) is 1.64. The summed E-state index contributed by atoms with van der Waals surface area (Å²) < 4.78 is 15.5. The Morgan fingerprint density at radius 1 is 1.31 bits per heavy atom. The quantitative estimate of drug-likeness (QED) is 0.718. The molecule has 5 nitrogen and oxygen atoms in total. The minimum Gasteiger partial charge on any atom is -0.491 e. The Morgan fingerprint density at radius 2 is 2.25 bits per heavy atom. The fourth-order valence-corrected chi connectivity index (χ4v) is 1.26. The minimum absolute atomic E-state index is 0.484. The highest BCUT2D eigenvalue weighted by Gasteiger charge is 2.04. The third-order valence-electron chi connectivity index (χ3n) is 2.00. The maximum Gasteiger partial charge on any atom is 0.247 e. The summed E-state index contributed by atoms with van der Waals surface area (Å²) in [4.78, 5) is 0. The first-order valence-electron chi connectivity index (χ1n) is 4.88. The molecule has 16 heavy (non-hydrogen) atoms. The molecule has 0 amide bonds. The van der Waals surface area contributed by atoms with Crippen molar-refractivity contribution >= 4 is 0 Å². The van der Waals surface area contributed by atoms with Gasteiger partial charge in [0.25, 0.3) is 0 Å². The normalized spacial score (nSPS) is 10.3. The molecule has 0 radical (unpaired) electrons. The molecule has 5 heteroatoms. The first-order chi connectivity index (χ1) is 7.90. The summed E-state index contributed by atoms with van der Waals surface area (Å²) in [5, 5.41) is 7.45. The van der Waals surface area contributed by atoms with E-state index in [1.807, 2.05) is 24.3 Å². The van der Waals surface area contributed by atoms with E-state index in [4.69, 9.17) is 13.9 Å². The van der Waals surface area contributed by atoms with Gasteiger partial charge in [-0.25, -0.2) is 0 Å². The van der Waals surface area contributed by atoms with Crippen LogP contribution in [0.25, 0.3) is 11.5 Å². The van der Waals surface area contributed by atoms with Gasteiger partial charge in [0, 0.05) is 12.7 Å². The molecule has 84 valence electrons. The van der Waals surface area contributed by atoms with Gasteiger partial charge in [0.15, 0.2) is 0 Å². The van der Waals surface area contributed by atoms with Crippen LogP contribution >= 0.6 is 0 Å². The summed E-state index contributed by atoms with van der Waals surface area (Å²) in [5.41, 5.74) is 0.840. The van der Waals surface area contributed by atoms with Gasteiger partial charge in [-0.05, 0) is 18.2 Å². The van der Waals surface area contributed by atoms with Crippen molar-refractivity contribution in [1.82, 2.24) is 10.2 Å². The van der Waals surface area contributed by atoms with Crippen molar-refractivity contribution in [3.8, 4) is 17.2 Å². The predicted octanol–water partition coefficient (Wildman–Crippen LogP) is 1.76. The molecule has 0 saturated carbocycles. The van der Waals surface area contributed by atoms with E-state index < -0.39 is 0 Å². The molecule has 1 aromatic carbocycles. The second-order valence-electron chi connectivity index (χ2n) is 3.11. The van der Waals surface area contributed by atoms with Crippen LogP contribution in [0.3, 0.4) is 0 Å². The first kappa shape index (κ1) is 10.6. The van der Waals surface area contributed by atoms with Crippen molar-refractivity contribution in [1.29, 1.82) is 0 Å². The lowest BCUT2D eigenvalue weighted by Gasteiger charge is -2.05. The molecule has 0 aliphatic rings. The Morgan fingerprint density at radius 3 is 3.00 bits per heavy atom. The van der Waals surface area contributed by atoms with Crippen LogP contribution in [-0.4, -0.2) is 30.5 Å². The molecule has 1 heterocycles. The second kappa shape index (κ2) is 5.27. The molecule has 0 atom stereocenters. The summed E-state index contributed by atoms with van der Waals surface area (Å²) >= 11 is 0. The van der Waals surface area contributed by atoms with E-state index in [1.165, 1.54) is 6.39 Å². The van der Waals surface area contributed by atoms with Crippen LogP contribution in [0, 0.1) is 0 Å². The monoisotopic (exact) mass is 220 g/mol.